The number of halogens is 1. The second-order valence-electron chi connectivity index (χ2n) is 11.1. The van der Waals surface area contributed by atoms with Gasteiger partial charge in [-0.15, -0.1) is 0 Å². The van der Waals surface area contributed by atoms with E-state index in [1.807, 2.05) is 42.5 Å². The quantitative estimate of drug-likeness (QED) is 0.173. The first kappa shape index (κ1) is 27.9. The fourth-order valence-electron chi connectivity index (χ4n) is 5.47. The van der Waals surface area contributed by atoms with Crippen molar-refractivity contribution >= 4 is 43.6 Å². The lowest BCUT2D eigenvalue weighted by molar-refractivity contribution is -0.122. The number of hydrogen-bond donors (Lipinski definition) is 4. The number of rotatable bonds is 8. The minimum Gasteiger partial charge on any atom is -0.353 e. The van der Waals surface area contributed by atoms with Crippen LogP contribution in [0.3, 0.4) is 0 Å². The molecule has 4 aromatic heterocycles. The zero-order valence-electron chi connectivity index (χ0n) is 23.7. The summed E-state index contributed by atoms with van der Waals surface area (Å²) in [5, 5.41) is 11.4. The van der Waals surface area contributed by atoms with Crippen molar-refractivity contribution in [2.75, 3.05) is 11.6 Å². The molecule has 1 saturated carbocycles. The van der Waals surface area contributed by atoms with Crippen LogP contribution in [0.5, 0.6) is 0 Å². The van der Waals surface area contributed by atoms with Gasteiger partial charge in [0.1, 0.15) is 17.0 Å². The third kappa shape index (κ3) is 5.56. The molecule has 2 aromatic carbocycles. The molecule has 4 heterocycles. The van der Waals surface area contributed by atoms with Gasteiger partial charge in [0, 0.05) is 35.1 Å². The van der Waals surface area contributed by atoms with Crippen molar-refractivity contribution in [2.24, 2.45) is 5.92 Å². The molecule has 0 radical (unpaired) electrons. The van der Waals surface area contributed by atoms with Gasteiger partial charge in [-0.25, -0.2) is 22.5 Å². The van der Waals surface area contributed by atoms with Crippen LogP contribution in [-0.4, -0.2) is 45.7 Å². The van der Waals surface area contributed by atoms with Crippen molar-refractivity contribution < 1.29 is 17.6 Å². The lowest BCUT2D eigenvalue weighted by Gasteiger charge is -2.24. The summed E-state index contributed by atoms with van der Waals surface area (Å²) in [5.41, 5.74) is 7.54. The van der Waals surface area contributed by atoms with Crippen LogP contribution in [0.25, 0.3) is 55.7 Å². The van der Waals surface area contributed by atoms with Gasteiger partial charge in [-0.2, -0.15) is 5.10 Å². The topological polar surface area (TPSA) is 146 Å². The maximum atomic E-state index is 14.6. The van der Waals surface area contributed by atoms with E-state index in [9.17, 15) is 17.6 Å². The molecular weight excluding hydrogens is 581 g/mol. The number of pyridine rings is 2. The number of aromatic nitrogens is 5. The zero-order valence-corrected chi connectivity index (χ0v) is 24.5. The van der Waals surface area contributed by atoms with E-state index < -0.39 is 15.8 Å². The van der Waals surface area contributed by atoms with Crippen molar-refractivity contribution in [1.29, 1.82) is 0 Å². The SMILES string of the molecule is CS(=O)(=O)NCc1cc(F)cc(-c2cccc3[nH]c(-c4n[nH]c5ccc(-c6cncc(NC(=O)C7CCC7)c6)nc45)cc23)c1. The molecule has 44 heavy (non-hydrogen) atoms. The minimum atomic E-state index is -3.43. The molecule has 0 spiro atoms. The molecule has 0 bridgehead atoms. The van der Waals surface area contributed by atoms with Gasteiger partial charge in [0.15, 0.2) is 0 Å². The Hall–Kier alpha value is -4.94. The summed E-state index contributed by atoms with van der Waals surface area (Å²) in [6.07, 6.45) is 7.33. The van der Waals surface area contributed by atoms with Crippen LogP contribution in [0.15, 0.2) is 73.1 Å². The number of fused-ring (bicyclic) bond motifs is 2. The molecule has 0 aliphatic heterocycles. The summed E-state index contributed by atoms with van der Waals surface area (Å²) in [6.45, 7) is -0.0173. The minimum absolute atomic E-state index is 0.0173. The number of carbonyl (C=O) groups excluding carboxylic acids is 1. The normalized spacial score (nSPS) is 13.8. The van der Waals surface area contributed by atoms with Gasteiger partial charge in [-0.3, -0.25) is 14.9 Å². The molecule has 0 unspecified atom stereocenters. The zero-order chi connectivity index (χ0) is 30.4. The van der Waals surface area contributed by atoms with E-state index in [0.717, 1.165) is 58.8 Å². The van der Waals surface area contributed by atoms with E-state index in [1.165, 1.54) is 12.1 Å². The number of benzene rings is 2. The summed E-state index contributed by atoms with van der Waals surface area (Å²) in [6, 6.07) is 17.8. The lowest BCUT2D eigenvalue weighted by atomic mass is 9.85. The highest BCUT2D eigenvalue weighted by atomic mass is 32.2. The van der Waals surface area contributed by atoms with Crippen molar-refractivity contribution in [3.8, 4) is 33.8 Å². The fourth-order valence-corrected chi connectivity index (χ4v) is 5.90. The van der Waals surface area contributed by atoms with Crippen LogP contribution < -0.4 is 10.0 Å². The van der Waals surface area contributed by atoms with Crippen molar-refractivity contribution in [1.82, 2.24) is 29.9 Å². The number of amides is 1. The number of nitrogens with one attached hydrogen (secondary N) is 4. The predicted octanol–water partition coefficient (Wildman–Crippen LogP) is 5.76. The first-order chi connectivity index (χ1) is 21.2. The van der Waals surface area contributed by atoms with Crippen LogP contribution >= 0.6 is 0 Å². The van der Waals surface area contributed by atoms with E-state index in [4.69, 9.17) is 4.98 Å². The van der Waals surface area contributed by atoms with Gasteiger partial charge in [0.25, 0.3) is 0 Å². The summed E-state index contributed by atoms with van der Waals surface area (Å²) in [5.74, 6) is -0.371. The lowest BCUT2D eigenvalue weighted by Crippen LogP contribution is -2.28. The van der Waals surface area contributed by atoms with Crippen LogP contribution in [0.1, 0.15) is 24.8 Å². The number of sulfonamides is 1. The second-order valence-corrected chi connectivity index (χ2v) is 13.0. The molecule has 0 atom stereocenters. The molecule has 1 amide bonds. The summed E-state index contributed by atoms with van der Waals surface area (Å²) < 4.78 is 40.2. The first-order valence-corrected chi connectivity index (χ1v) is 16.1. The highest BCUT2D eigenvalue weighted by Crippen LogP contribution is 2.35. The van der Waals surface area contributed by atoms with Crippen LogP contribution in [0.2, 0.25) is 0 Å². The maximum Gasteiger partial charge on any atom is 0.227 e. The standard InChI is InChI=1S/C32H28FN7O3S/c1-44(42,43)35-15-18-10-20(12-22(33)11-18)24-6-3-7-27-25(24)14-29(37-27)31-30-28(39-40-31)9-8-26(38-30)21-13-23(17-34-16-21)36-32(41)19-4-2-5-19/h3,6-14,16-17,19,35,37H,2,4-5,15H2,1H3,(H,36,41)(H,39,40). The Balaban J connectivity index is 1.23. The van der Waals surface area contributed by atoms with E-state index in [-0.39, 0.29) is 18.4 Å². The molecular formula is C32H28FN7O3S. The Kier molecular flexibility index (Phi) is 6.94. The van der Waals surface area contributed by atoms with Gasteiger partial charge >= 0.3 is 0 Å². The molecule has 1 fully saturated rings. The third-order valence-electron chi connectivity index (χ3n) is 7.91. The molecule has 6 aromatic rings. The van der Waals surface area contributed by atoms with Gasteiger partial charge in [0.2, 0.25) is 15.9 Å². The summed E-state index contributed by atoms with van der Waals surface area (Å²) in [7, 11) is -3.43. The molecule has 7 rings (SSSR count). The Morgan fingerprint density at radius 2 is 1.89 bits per heavy atom. The number of nitrogens with zero attached hydrogens (tertiary/aromatic N) is 3. The Bertz CT molecular complexity index is 2170. The predicted molar refractivity (Wildman–Crippen MR) is 167 cm³/mol. The largest absolute Gasteiger partial charge is 0.353 e. The summed E-state index contributed by atoms with van der Waals surface area (Å²) >= 11 is 0. The van der Waals surface area contributed by atoms with Crippen LogP contribution in [-0.2, 0) is 21.4 Å². The van der Waals surface area contributed by atoms with Crippen LogP contribution in [0.4, 0.5) is 10.1 Å². The number of aromatic amines is 2. The van der Waals surface area contributed by atoms with Crippen molar-refractivity contribution in [3.63, 3.8) is 0 Å². The van der Waals surface area contributed by atoms with Crippen LogP contribution in [0, 0.1) is 11.7 Å². The van der Waals surface area contributed by atoms with E-state index >= 15 is 0 Å². The Morgan fingerprint density at radius 3 is 2.68 bits per heavy atom. The van der Waals surface area contributed by atoms with Gasteiger partial charge in [-0.05, 0) is 78.1 Å². The highest BCUT2D eigenvalue weighted by molar-refractivity contribution is 7.88. The molecule has 4 N–H and O–H groups in total. The number of hydrogen-bond acceptors (Lipinski definition) is 6. The maximum absolute atomic E-state index is 14.6. The first-order valence-electron chi connectivity index (χ1n) is 14.2. The monoisotopic (exact) mass is 609 g/mol. The molecule has 0 saturated heterocycles. The van der Waals surface area contributed by atoms with Crippen molar-refractivity contribution in [2.45, 2.75) is 25.8 Å². The molecule has 222 valence electrons. The fraction of sp³-hybridized carbons (Fsp3) is 0.188. The van der Waals surface area contributed by atoms with E-state index in [0.29, 0.717) is 33.7 Å². The second kappa shape index (κ2) is 11.0. The smallest absolute Gasteiger partial charge is 0.227 e. The Labute approximate surface area is 252 Å². The van der Waals surface area contributed by atoms with Gasteiger partial charge < -0.3 is 10.3 Å². The number of carbonyl (C=O) groups is 1. The third-order valence-corrected chi connectivity index (χ3v) is 8.58. The average molecular weight is 610 g/mol. The summed E-state index contributed by atoms with van der Waals surface area (Å²) in [4.78, 5) is 25.1. The number of anilines is 1. The number of H-pyrrole nitrogens is 2. The van der Waals surface area contributed by atoms with E-state index in [1.54, 1.807) is 18.5 Å². The van der Waals surface area contributed by atoms with Gasteiger partial charge in [0.05, 0.1) is 35.0 Å². The van der Waals surface area contributed by atoms with Gasteiger partial charge in [-0.1, -0.05) is 18.6 Å². The average Bonchev–Trinajstić information content (AvgIpc) is 3.58. The molecule has 10 nitrogen and oxygen atoms in total. The Morgan fingerprint density at radius 1 is 1.02 bits per heavy atom. The molecule has 1 aliphatic rings. The molecule has 1 aliphatic carbocycles. The molecule has 12 heteroatoms. The highest BCUT2D eigenvalue weighted by Gasteiger charge is 2.25. The van der Waals surface area contributed by atoms with Crippen molar-refractivity contribution in [3.05, 3.63) is 84.4 Å². The van der Waals surface area contributed by atoms with E-state index in [2.05, 4.69) is 30.2 Å².